The van der Waals surface area contributed by atoms with Gasteiger partial charge in [-0.1, -0.05) is 19.4 Å². The van der Waals surface area contributed by atoms with Crippen LogP contribution in [0.3, 0.4) is 0 Å². The molecule has 1 heterocycles. The maximum Gasteiger partial charge on any atom is 0.0462 e. The molecule has 0 saturated heterocycles. The van der Waals surface area contributed by atoms with Gasteiger partial charge in [0, 0.05) is 17.3 Å². The zero-order valence-corrected chi connectivity index (χ0v) is 7.80. The summed E-state index contributed by atoms with van der Waals surface area (Å²) in [6.45, 7) is 4.40. The summed E-state index contributed by atoms with van der Waals surface area (Å²) in [5.74, 6) is 0. The smallest absolute Gasteiger partial charge is 0.0462 e. The summed E-state index contributed by atoms with van der Waals surface area (Å²) in [6, 6.07) is 4.33. The second-order valence-electron chi connectivity index (χ2n) is 4.14. The molecule has 64 valence electrons. The van der Waals surface area contributed by atoms with Gasteiger partial charge in [-0.3, -0.25) is 4.98 Å². The van der Waals surface area contributed by atoms with E-state index in [2.05, 4.69) is 31.0 Å². The Morgan fingerprint density at radius 3 is 2.50 bits per heavy atom. The highest BCUT2D eigenvalue weighted by atomic mass is 14.7. The molecule has 2 rings (SSSR count). The molecule has 1 saturated carbocycles. The minimum Gasteiger partial charge on any atom is -0.260 e. The first kappa shape index (κ1) is 7.78. The van der Waals surface area contributed by atoms with Crippen molar-refractivity contribution in [3.8, 4) is 0 Å². The van der Waals surface area contributed by atoms with Crippen LogP contribution < -0.4 is 0 Å². The molecular weight excluding hydrogens is 146 g/mol. The van der Waals surface area contributed by atoms with Crippen LogP contribution in [0.1, 0.15) is 37.4 Å². The molecule has 1 heteroatoms. The molecular formula is C11H15N. The summed E-state index contributed by atoms with van der Waals surface area (Å²) in [7, 11) is 0. The predicted octanol–water partition coefficient (Wildman–Crippen LogP) is 2.83. The molecule has 1 aromatic rings. The molecule has 1 aromatic heterocycles. The van der Waals surface area contributed by atoms with E-state index in [9.17, 15) is 0 Å². The van der Waals surface area contributed by atoms with Gasteiger partial charge in [0.05, 0.1) is 0 Å². The van der Waals surface area contributed by atoms with Gasteiger partial charge < -0.3 is 0 Å². The number of hydrogen-bond acceptors (Lipinski definition) is 1. The fraction of sp³-hybridized carbons (Fsp3) is 0.545. The molecule has 0 bridgehead atoms. The van der Waals surface area contributed by atoms with Crippen molar-refractivity contribution in [2.45, 2.75) is 38.5 Å². The van der Waals surface area contributed by atoms with Gasteiger partial charge in [-0.25, -0.2) is 0 Å². The molecule has 0 aliphatic heterocycles. The van der Waals surface area contributed by atoms with Gasteiger partial charge in [0.2, 0.25) is 0 Å². The average molecular weight is 161 g/mol. The Bertz CT molecular complexity index is 270. The third kappa shape index (κ3) is 1.13. The summed E-state index contributed by atoms with van der Waals surface area (Å²) in [4.78, 5) is 4.47. The van der Waals surface area contributed by atoms with E-state index >= 15 is 0 Å². The van der Waals surface area contributed by atoms with Crippen LogP contribution in [0.4, 0.5) is 0 Å². The molecule has 0 atom stereocenters. The zero-order valence-electron chi connectivity index (χ0n) is 7.80. The van der Waals surface area contributed by atoms with E-state index in [4.69, 9.17) is 0 Å². The molecule has 0 amide bonds. The molecule has 1 aliphatic rings. The van der Waals surface area contributed by atoms with E-state index in [1.165, 1.54) is 30.5 Å². The van der Waals surface area contributed by atoms with Crippen LogP contribution in [-0.2, 0) is 5.41 Å². The van der Waals surface area contributed by atoms with Gasteiger partial charge in [0.1, 0.15) is 0 Å². The SMILES string of the molecule is Cc1ccc(C2(C)CCC2)nc1. The van der Waals surface area contributed by atoms with Crippen molar-refractivity contribution in [3.05, 3.63) is 29.6 Å². The Morgan fingerprint density at radius 1 is 1.33 bits per heavy atom. The molecule has 0 unspecified atom stereocenters. The summed E-state index contributed by atoms with van der Waals surface area (Å²) >= 11 is 0. The van der Waals surface area contributed by atoms with Crippen LogP contribution in [0, 0.1) is 6.92 Å². The Hall–Kier alpha value is -0.850. The normalized spacial score (nSPS) is 20.2. The molecule has 12 heavy (non-hydrogen) atoms. The topological polar surface area (TPSA) is 12.9 Å². The lowest BCUT2D eigenvalue weighted by Crippen LogP contribution is -2.31. The molecule has 0 aromatic carbocycles. The molecule has 0 spiro atoms. The van der Waals surface area contributed by atoms with Crippen molar-refractivity contribution in [2.24, 2.45) is 0 Å². The fourth-order valence-corrected chi connectivity index (χ4v) is 1.79. The van der Waals surface area contributed by atoms with E-state index < -0.39 is 0 Å². The largest absolute Gasteiger partial charge is 0.260 e. The van der Waals surface area contributed by atoms with Gasteiger partial charge in [0.15, 0.2) is 0 Å². The van der Waals surface area contributed by atoms with E-state index in [1.807, 2.05) is 6.20 Å². The Labute approximate surface area is 73.8 Å². The Kier molecular flexibility index (Phi) is 1.67. The Morgan fingerprint density at radius 2 is 2.08 bits per heavy atom. The van der Waals surface area contributed by atoms with E-state index in [1.54, 1.807) is 0 Å². The monoisotopic (exact) mass is 161 g/mol. The lowest BCUT2D eigenvalue weighted by molar-refractivity contribution is 0.264. The molecule has 1 nitrogen and oxygen atoms in total. The first-order valence-corrected chi connectivity index (χ1v) is 4.64. The van der Waals surface area contributed by atoms with E-state index in [0.29, 0.717) is 5.41 Å². The highest BCUT2D eigenvalue weighted by Gasteiger charge is 2.34. The predicted molar refractivity (Wildman–Crippen MR) is 50.2 cm³/mol. The third-order valence-corrected chi connectivity index (χ3v) is 2.99. The summed E-state index contributed by atoms with van der Waals surface area (Å²) in [5.41, 5.74) is 2.93. The maximum absolute atomic E-state index is 4.47. The van der Waals surface area contributed by atoms with Crippen molar-refractivity contribution in [1.29, 1.82) is 0 Å². The number of pyridine rings is 1. The van der Waals surface area contributed by atoms with Gasteiger partial charge in [-0.05, 0) is 31.4 Å². The summed E-state index contributed by atoms with van der Waals surface area (Å²) in [6.07, 6.45) is 5.96. The molecule has 0 N–H and O–H groups in total. The lowest BCUT2D eigenvalue weighted by Gasteiger charge is -2.37. The second kappa shape index (κ2) is 2.58. The lowest BCUT2D eigenvalue weighted by atomic mass is 9.68. The van der Waals surface area contributed by atoms with Crippen LogP contribution in [-0.4, -0.2) is 4.98 Å². The van der Waals surface area contributed by atoms with Crippen LogP contribution in [0.2, 0.25) is 0 Å². The third-order valence-electron chi connectivity index (χ3n) is 2.99. The highest BCUT2D eigenvalue weighted by Crippen LogP contribution is 2.41. The number of nitrogens with zero attached hydrogens (tertiary/aromatic N) is 1. The minimum absolute atomic E-state index is 0.397. The van der Waals surface area contributed by atoms with Crippen molar-refractivity contribution in [3.63, 3.8) is 0 Å². The molecule has 0 radical (unpaired) electrons. The average Bonchev–Trinajstić information content (AvgIpc) is 2.02. The van der Waals surface area contributed by atoms with Crippen molar-refractivity contribution < 1.29 is 0 Å². The van der Waals surface area contributed by atoms with Crippen LogP contribution >= 0.6 is 0 Å². The van der Waals surface area contributed by atoms with Crippen LogP contribution in [0.15, 0.2) is 18.3 Å². The van der Waals surface area contributed by atoms with Crippen LogP contribution in [0.25, 0.3) is 0 Å². The van der Waals surface area contributed by atoms with Gasteiger partial charge >= 0.3 is 0 Å². The quantitative estimate of drug-likeness (QED) is 0.617. The first-order chi connectivity index (χ1) is 5.71. The standard InChI is InChI=1S/C11H15N/c1-9-4-5-10(12-8-9)11(2)6-3-7-11/h4-5,8H,3,6-7H2,1-2H3. The Balaban J connectivity index is 2.28. The summed E-state index contributed by atoms with van der Waals surface area (Å²) in [5, 5.41) is 0. The second-order valence-corrected chi connectivity index (χ2v) is 4.14. The van der Waals surface area contributed by atoms with E-state index in [-0.39, 0.29) is 0 Å². The van der Waals surface area contributed by atoms with Crippen molar-refractivity contribution in [1.82, 2.24) is 4.98 Å². The van der Waals surface area contributed by atoms with Crippen molar-refractivity contribution in [2.75, 3.05) is 0 Å². The first-order valence-electron chi connectivity index (χ1n) is 4.64. The van der Waals surface area contributed by atoms with Gasteiger partial charge in [-0.2, -0.15) is 0 Å². The minimum atomic E-state index is 0.397. The number of aryl methyl sites for hydroxylation is 1. The van der Waals surface area contributed by atoms with Gasteiger partial charge in [-0.15, -0.1) is 0 Å². The van der Waals surface area contributed by atoms with Crippen molar-refractivity contribution >= 4 is 0 Å². The molecule has 1 aliphatic carbocycles. The maximum atomic E-state index is 4.47. The fourth-order valence-electron chi connectivity index (χ4n) is 1.79. The zero-order chi connectivity index (χ0) is 8.60. The number of rotatable bonds is 1. The summed E-state index contributed by atoms with van der Waals surface area (Å²) < 4.78 is 0. The number of hydrogen-bond donors (Lipinski definition) is 0. The van der Waals surface area contributed by atoms with Gasteiger partial charge in [0.25, 0.3) is 0 Å². The molecule has 1 fully saturated rings. The highest BCUT2D eigenvalue weighted by molar-refractivity contribution is 5.21. The van der Waals surface area contributed by atoms with E-state index in [0.717, 1.165) is 0 Å². The number of aromatic nitrogens is 1. The van der Waals surface area contributed by atoms with Crippen LogP contribution in [0.5, 0.6) is 0 Å².